The molecule has 0 saturated carbocycles. The third-order valence-corrected chi connectivity index (χ3v) is 3.94. The molecule has 0 aromatic heterocycles. The lowest BCUT2D eigenvalue weighted by Gasteiger charge is -2.25. The van der Waals surface area contributed by atoms with Crippen LogP contribution in [0.2, 0.25) is 0 Å². The van der Waals surface area contributed by atoms with Crippen LogP contribution < -0.4 is 10.1 Å². The van der Waals surface area contributed by atoms with E-state index in [9.17, 15) is 4.79 Å². The predicted octanol–water partition coefficient (Wildman–Crippen LogP) is 4.23. The van der Waals surface area contributed by atoms with Gasteiger partial charge in [-0.1, -0.05) is 35.9 Å². The topological polar surface area (TPSA) is 38.3 Å². The van der Waals surface area contributed by atoms with Gasteiger partial charge in [-0.15, -0.1) is 0 Å². The van der Waals surface area contributed by atoms with Crippen LogP contribution in [0.3, 0.4) is 0 Å². The Morgan fingerprint density at radius 3 is 2.18 bits per heavy atom. The van der Waals surface area contributed by atoms with Crippen molar-refractivity contribution in [2.75, 3.05) is 12.4 Å². The zero-order valence-electron chi connectivity index (χ0n) is 13.9. The largest absolute Gasteiger partial charge is 0.495 e. The fourth-order valence-corrected chi connectivity index (χ4v) is 2.30. The van der Waals surface area contributed by atoms with E-state index in [0.717, 1.165) is 11.1 Å². The van der Waals surface area contributed by atoms with Gasteiger partial charge < -0.3 is 10.1 Å². The molecule has 0 atom stereocenters. The molecule has 0 heterocycles. The molecular weight excluding hydrogens is 274 g/mol. The Morgan fingerprint density at radius 2 is 1.59 bits per heavy atom. The number of hydrogen-bond donors (Lipinski definition) is 1. The van der Waals surface area contributed by atoms with Crippen molar-refractivity contribution in [1.82, 2.24) is 0 Å². The Hall–Kier alpha value is -2.29. The molecule has 116 valence electrons. The number of nitrogens with one attached hydrogen (secondary N) is 1. The third kappa shape index (κ3) is 3.30. The van der Waals surface area contributed by atoms with Crippen LogP contribution >= 0.6 is 0 Å². The number of carbonyl (C=O) groups is 1. The molecule has 3 nitrogen and oxygen atoms in total. The van der Waals surface area contributed by atoms with Gasteiger partial charge in [0.15, 0.2) is 0 Å². The minimum atomic E-state index is -0.623. The van der Waals surface area contributed by atoms with Gasteiger partial charge in [0.2, 0.25) is 5.91 Å². The Kier molecular flexibility index (Phi) is 4.55. The van der Waals surface area contributed by atoms with Crippen LogP contribution in [0.15, 0.2) is 42.5 Å². The molecule has 1 amide bonds. The van der Waals surface area contributed by atoms with Crippen LogP contribution in [0.1, 0.15) is 30.5 Å². The summed E-state index contributed by atoms with van der Waals surface area (Å²) in [5.41, 5.74) is 3.32. The molecule has 22 heavy (non-hydrogen) atoms. The molecule has 0 radical (unpaired) electrons. The van der Waals surface area contributed by atoms with E-state index in [1.807, 2.05) is 70.2 Å². The lowest BCUT2D eigenvalue weighted by molar-refractivity contribution is -0.120. The number of carbonyl (C=O) groups excluding carboxylic acids is 1. The maximum atomic E-state index is 12.7. The van der Waals surface area contributed by atoms with E-state index in [2.05, 4.69) is 5.32 Å². The summed E-state index contributed by atoms with van der Waals surface area (Å²) < 4.78 is 5.32. The van der Waals surface area contributed by atoms with Crippen LogP contribution in [-0.2, 0) is 10.2 Å². The molecule has 0 aliphatic rings. The van der Waals surface area contributed by atoms with Crippen LogP contribution in [0.25, 0.3) is 0 Å². The van der Waals surface area contributed by atoms with E-state index in [1.54, 1.807) is 7.11 Å². The first-order valence-corrected chi connectivity index (χ1v) is 7.38. The second-order valence-electron chi connectivity index (χ2n) is 6.15. The number of methoxy groups -OCH3 is 1. The lowest BCUT2D eigenvalue weighted by atomic mass is 9.83. The molecule has 2 aromatic rings. The Balaban J connectivity index is 2.28. The van der Waals surface area contributed by atoms with Gasteiger partial charge in [0.05, 0.1) is 18.2 Å². The quantitative estimate of drug-likeness (QED) is 0.917. The molecule has 2 aromatic carbocycles. The smallest absolute Gasteiger partial charge is 0.234 e. The van der Waals surface area contributed by atoms with Gasteiger partial charge in [-0.25, -0.2) is 0 Å². The van der Waals surface area contributed by atoms with Crippen molar-refractivity contribution in [1.29, 1.82) is 0 Å². The summed E-state index contributed by atoms with van der Waals surface area (Å²) in [5, 5.41) is 2.99. The summed E-state index contributed by atoms with van der Waals surface area (Å²) in [4.78, 5) is 12.7. The van der Waals surface area contributed by atoms with Crippen molar-refractivity contribution in [3.8, 4) is 5.75 Å². The highest BCUT2D eigenvalue weighted by atomic mass is 16.5. The molecule has 0 saturated heterocycles. The first-order valence-electron chi connectivity index (χ1n) is 7.38. The van der Waals surface area contributed by atoms with Gasteiger partial charge in [-0.2, -0.15) is 0 Å². The summed E-state index contributed by atoms with van der Waals surface area (Å²) in [6.07, 6.45) is 0. The Morgan fingerprint density at radius 1 is 1.00 bits per heavy atom. The number of amides is 1. The molecule has 3 heteroatoms. The summed E-state index contributed by atoms with van der Waals surface area (Å²) in [6, 6.07) is 13.8. The van der Waals surface area contributed by atoms with E-state index in [-0.39, 0.29) is 5.91 Å². The maximum absolute atomic E-state index is 12.7. The van der Waals surface area contributed by atoms with Gasteiger partial charge in [-0.3, -0.25) is 4.79 Å². The lowest BCUT2D eigenvalue weighted by Crippen LogP contribution is -2.34. The van der Waals surface area contributed by atoms with Crippen LogP contribution in [0.5, 0.6) is 5.75 Å². The standard InChI is InChI=1S/C19H23NO2/c1-13-6-9-15(10-7-13)19(3,4)18(21)20-16-12-14(2)8-11-17(16)22-5/h6-12H,1-5H3,(H,20,21). The number of benzene rings is 2. The van der Waals surface area contributed by atoms with Crippen molar-refractivity contribution in [3.63, 3.8) is 0 Å². The zero-order chi connectivity index (χ0) is 16.3. The normalized spacial score (nSPS) is 11.1. The highest BCUT2D eigenvalue weighted by Gasteiger charge is 2.30. The van der Waals surface area contributed by atoms with Gasteiger partial charge in [-0.05, 0) is 51.0 Å². The van der Waals surface area contributed by atoms with Crippen molar-refractivity contribution in [2.45, 2.75) is 33.1 Å². The molecule has 0 unspecified atom stereocenters. The molecule has 0 aliphatic heterocycles. The van der Waals surface area contributed by atoms with Crippen molar-refractivity contribution in [3.05, 3.63) is 59.2 Å². The molecule has 0 fully saturated rings. The molecule has 0 aliphatic carbocycles. The van der Waals surface area contributed by atoms with Gasteiger partial charge in [0, 0.05) is 0 Å². The Bertz CT molecular complexity index is 672. The summed E-state index contributed by atoms with van der Waals surface area (Å²) in [5.74, 6) is 0.610. The number of rotatable bonds is 4. The second-order valence-corrected chi connectivity index (χ2v) is 6.15. The summed E-state index contributed by atoms with van der Waals surface area (Å²) in [6.45, 7) is 7.87. The maximum Gasteiger partial charge on any atom is 0.234 e. The molecule has 0 bridgehead atoms. The van der Waals surface area contributed by atoms with Crippen molar-refractivity contribution >= 4 is 11.6 Å². The third-order valence-electron chi connectivity index (χ3n) is 3.94. The first-order chi connectivity index (χ1) is 10.3. The monoisotopic (exact) mass is 297 g/mol. The van der Waals surface area contributed by atoms with Gasteiger partial charge in [0.25, 0.3) is 0 Å². The van der Waals surface area contributed by atoms with Crippen LogP contribution in [0.4, 0.5) is 5.69 Å². The number of hydrogen-bond acceptors (Lipinski definition) is 2. The van der Waals surface area contributed by atoms with Gasteiger partial charge in [0.1, 0.15) is 5.75 Å². The summed E-state index contributed by atoms with van der Waals surface area (Å²) in [7, 11) is 1.60. The zero-order valence-corrected chi connectivity index (χ0v) is 13.9. The van der Waals surface area contributed by atoms with Crippen molar-refractivity contribution in [2.24, 2.45) is 0 Å². The molecule has 1 N–H and O–H groups in total. The fourth-order valence-electron chi connectivity index (χ4n) is 2.30. The van der Waals surface area contributed by atoms with E-state index >= 15 is 0 Å². The minimum absolute atomic E-state index is 0.0553. The predicted molar refractivity (Wildman–Crippen MR) is 90.6 cm³/mol. The van der Waals surface area contributed by atoms with Gasteiger partial charge >= 0.3 is 0 Å². The first kappa shape index (κ1) is 16.1. The molecular formula is C19H23NO2. The highest BCUT2D eigenvalue weighted by molar-refractivity contribution is 5.99. The number of anilines is 1. The number of aryl methyl sites for hydroxylation is 2. The van der Waals surface area contributed by atoms with Crippen LogP contribution in [0, 0.1) is 13.8 Å². The fraction of sp³-hybridized carbons (Fsp3) is 0.316. The van der Waals surface area contributed by atoms with E-state index < -0.39 is 5.41 Å². The van der Waals surface area contributed by atoms with E-state index in [0.29, 0.717) is 11.4 Å². The highest BCUT2D eigenvalue weighted by Crippen LogP contribution is 2.29. The van der Waals surface area contributed by atoms with Crippen LogP contribution in [-0.4, -0.2) is 13.0 Å². The molecule has 0 spiro atoms. The SMILES string of the molecule is COc1ccc(C)cc1NC(=O)C(C)(C)c1ccc(C)cc1. The average molecular weight is 297 g/mol. The number of ether oxygens (including phenoxy) is 1. The van der Waals surface area contributed by atoms with E-state index in [1.165, 1.54) is 5.56 Å². The minimum Gasteiger partial charge on any atom is -0.495 e. The average Bonchev–Trinajstić information content (AvgIpc) is 2.48. The second kappa shape index (κ2) is 6.22. The summed E-state index contributed by atoms with van der Waals surface area (Å²) >= 11 is 0. The Labute approximate surface area is 132 Å². The van der Waals surface area contributed by atoms with E-state index in [4.69, 9.17) is 4.74 Å². The molecule has 2 rings (SSSR count). The van der Waals surface area contributed by atoms with Crippen molar-refractivity contribution < 1.29 is 9.53 Å².